The Labute approximate surface area is 136 Å². The van der Waals surface area contributed by atoms with E-state index in [1.165, 1.54) is 10.4 Å². The van der Waals surface area contributed by atoms with E-state index in [2.05, 4.69) is 5.32 Å². The van der Waals surface area contributed by atoms with Crippen LogP contribution in [-0.4, -0.2) is 44.8 Å². The number of nitrogens with one attached hydrogen (secondary N) is 1. The fraction of sp³-hybridized carbons (Fsp3) is 0.500. The van der Waals surface area contributed by atoms with E-state index < -0.39 is 15.9 Å². The minimum Gasteiger partial charge on any atom is -0.366 e. The van der Waals surface area contributed by atoms with Crippen LogP contribution in [-0.2, 0) is 10.0 Å². The molecule has 2 heterocycles. The molecule has 122 valence electrons. The molecule has 0 spiro atoms. The lowest BCUT2D eigenvalue weighted by Gasteiger charge is -2.18. The SMILES string of the molecule is Cc1ccc(S(=O)(=O)N2C[C@H]3CNC[C@H]3C2)cc1C(N)=O.Cl. The van der Waals surface area contributed by atoms with E-state index >= 15 is 0 Å². The number of hydrogen-bond acceptors (Lipinski definition) is 4. The number of carbonyl (C=O) groups is 1. The lowest BCUT2D eigenvalue weighted by molar-refractivity contribution is 0.0999. The summed E-state index contributed by atoms with van der Waals surface area (Å²) < 4.78 is 26.9. The normalized spacial score (nSPS) is 24.8. The van der Waals surface area contributed by atoms with Crippen LogP contribution in [0.1, 0.15) is 15.9 Å². The number of benzene rings is 1. The van der Waals surface area contributed by atoms with Crippen molar-refractivity contribution in [2.24, 2.45) is 17.6 Å². The van der Waals surface area contributed by atoms with Gasteiger partial charge in [0.1, 0.15) is 0 Å². The highest BCUT2D eigenvalue weighted by Crippen LogP contribution is 2.31. The molecular formula is C14H20ClN3O3S. The Morgan fingerprint density at radius 3 is 2.41 bits per heavy atom. The van der Waals surface area contributed by atoms with Crippen molar-refractivity contribution in [3.8, 4) is 0 Å². The van der Waals surface area contributed by atoms with Gasteiger partial charge in [-0.25, -0.2) is 8.42 Å². The molecule has 1 amide bonds. The number of primary amides is 1. The van der Waals surface area contributed by atoms with Crippen LogP contribution in [0.25, 0.3) is 0 Å². The third-order valence-electron chi connectivity index (χ3n) is 4.47. The minimum absolute atomic E-state index is 0. The summed E-state index contributed by atoms with van der Waals surface area (Å²) in [6.07, 6.45) is 0. The van der Waals surface area contributed by atoms with E-state index in [1.54, 1.807) is 19.1 Å². The summed E-state index contributed by atoms with van der Waals surface area (Å²) in [6.45, 7) is 4.57. The van der Waals surface area contributed by atoms with Crippen molar-refractivity contribution < 1.29 is 13.2 Å². The number of fused-ring (bicyclic) bond motifs is 1. The van der Waals surface area contributed by atoms with Crippen LogP contribution in [0.4, 0.5) is 0 Å². The maximum absolute atomic E-state index is 12.7. The average molecular weight is 346 g/mol. The molecule has 22 heavy (non-hydrogen) atoms. The molecule has 3 N–H and O–H groups in total. The second kappa shape index (κ2) is 6.16. The van der Waals surface area contributed by atoms with E-state index in [9.17, 15) is 13.2 Å². The first-order valence-corrected chi connectivity index (χ1v) is 8.45. The first-order chi connectivity index (χ1) is 9.89. The van der Waals surface area contributed by atoms with Crippen molar-refractivity contribution in [2.75, 3.05) is 26.2 Å². The molecule has 2 aliphatic rings. The summed E-state index contributed by atoms with van der Waals surface area (Å²) >= 11 is 0. The Balaban J connectivity index is 0.00000176. The smallest absolute Gasteiger partial charge is 0.249 e. The van der Waals surface area contributed by atoms with E-state index in [-0.39, 0.29) is 22.9 Å². The molecule has 0 unspecified atom stereocenters. The van der Waals surface area contributed by atoms with Gasteiger partial charge < -0.3 is 11.1 Å². The Morgan fingerprint density at radius 2 is 1.86 bits per heavy atom. The van der Waals surface area contributed by atoms with Gasteiger partial charge in [-0.05, 0) is 49.5 Å². The van der Waals surface area contributed by atoms with Gasteiger partial charge in [0.15, 0.2) is 0 Å². The molecule has 6 nitrogen and oxygen atoms in total. The topological polar surface area (TPSA) is 92.5 Å². The van der Waals surface area contributed by atoms with Crippen LogP contribution in [0.15, 0.2) is 23.1 Å². The van der Waals surface area contributed by atoms with Crippen LogP contribution >= 0.6 is 12.4 Å². The molecule has 2 saturated heterocycles. The molecule has 1 aromatic rings. The van der Waals surface area contributed by atoms with Gasteiger partial charge in [0.25, 0.3) is 0 Å². The zero-order valence-corrected chi connectivity index (χ0v) is 13.9. The molecule has 0 aromatic heterocycles. The first-order valence-electron chi connectivity index (χ1n) is 7.01. The van der Waals surface area contributed by atoms with Crippen LogP contribution in [0, 0.1) is 18.8 Å². The number of nitrogens with two attached hydrogens (primary N) is 1. The maximum Gasteiger partial charge on any atom is 0.249 e. The number of rotatable bonds is 3. The Bertz CT molecular complexity index is 681. The van der Waals surface area contributed by atoms with Gasteiger partial charge >= 0.3 is 0 Å². The highest BCUT2D eigenvalue weighted by atomic mass is 35.5. The van der Waals surface area contributed by atoms with Crippen molar-refractivity contribution >= 4 is 28.3 Å². The largest absolute Gasteiger partial charge is 0.366 e. The van der Waals surface area contributed by atoms with Crippen molar-refractivity contribution in [2.45, 2.75) is 11.8 Å². The molecule has 8 heteroatoms. The summed E-state index contributed by atoms with van der Waals surface area (Å²) in [7, 11) is -3.56. The van der Waals surface area contributed by atoms with Gasteiger partial charge in [-0.3, -0.25) is 4.79 Å². The average Bonchev–Trinajstić information content (AvgIpc) is 2.99. The lowest BCUT2D eigenvalue weighted by atomic mass is 10.0. The number of sulfonamides is 1. The number of aryl methyl sites for hydroxylation is 1. The number of carbonyl (C=O) groups excluding carboxylic acids is 1. The maximum atomic E-state index is 12.7. The molecule has 0 radical (unpaired) electrons. The summed E-state index contributed by atoms with van der Waals surface area (Å²) in [6, 6.07) is 4.56. The molecular weight excluding hydrogens is 326 g/mol. The van der Waals surface area contributed by atoms with E-state index in [0.29, 0.717) is 30.5 Å². The number of halogens is 1. The van der Waals surface area contributed by atoms with Gasteiger partial charge in [-0.1, -0.05) is 6.07 Å². The second-order valence-electron chi connectivity index (χ2n) is 5.84. The Hall–Kier alpha value is -1.15. The van der Waals surface area contributed by atoms with Crippen LogP contribution in [0.3, 0.4) is 0 Å². The lowest BCUT2D eigenvalue weighted by Crippen LogP contribution is -2.32. The van der Waals surface area contributed by atoms with Crippen LogP contribution in [0.2, 0.25) is 0 Å². The first kappa shape index (κ1) is 17.2. The third-order valence-corrected chi connectivity index (χ3v) is 6.30. The van der Waals surface area contributed by atoms with E-state index in [0.717, 1.165) is 13.1 Å². The molecule has 1 aromatic carbocycles. The quantitative estimate of drug-likeness (QED) is 0.827. The predicted molar refractivity (Wildman–Crippen MR) is 85.6 cm³/mol. The molecule has 3 rings (SSSR count). The van der Waals surface area contributed by atoms with Crippen LogP contribution in [0.5, 0.6) is 0 Å². The molecule has 2 aliphatic heterocycles. The van der Waals surface area contributed by atoms with Gasteiger partial charge in [0.2, 0.25) is 15.9 Å². The second-order valence-corrected chi connectivity index (χ2v) is 7.78. The molecule has 0 bridgehead atoms. The zero-order chi connectivity index (χ0) is 15.2. The highest BCUT2D eigenvalue weighted by Gasteiger charge is 2.41. The number of nitrogens with zero attached hydrogens (tertiary/aromatic N) is 1. The zero-order valence-electron chi connectivity index (χ0n) is 12.3. The molecule has 0 saturated carbocycles. The fourth-order valence-corrected chi connectivity index (χ4v) is 4.77. The Kier molecular flexibility index (Phi) is 4.81. The van der Waals surface area contributed by atoms with Crippen molar-refractivity contribution in [3.05, 3.63) is 29.3 Å². The standard InChI is InChI=1S/C14H19N3O3S.ClH/c1-9-2-3-12(4-13(9)14(15)18)21(19,20)17-7-10-5-16-6-11(10)8-17;/h2-4,10-11,16H,5-8H2,1H3,(H2,15,18);1H/t10-,11+;. The molecule has 2 fully saturated rings. The summed E-state index contributed by atoms with van der Waals surface area (Å²) in [5.74, 6) is 0.175. The van der Waals surface area contributed by atoms with E-state index in [4.69, 9.17) is 5.73 Å². The summed E-state index contributed by atoms with van der Waals surface area (Å²) in [5.41, 5.74) is 6.24. The molecule has 2 atom stereocenters. The van der Waals surface area contributed by atoms with Crippen molar-refractivity contribution in [3.63, 3.8) is 0 Å². The fourth-order valence-electron chi connectivity index (χ4n) is 3.18. The summed E-state index contributed by atoms with van der Waals surface area (Å²) in [4.78, 5) is 11.5. The van der Waals surface area contributed by atoms with Gasteiger partial charge in [0, 0.05) is 18.7 Å². The van der Waals surface area contributed by atoms with Crippen molar-refractivity contribution in [1.82, 2.24) is 9.62 Å². The summed E-state index contributed by atoms with van der Waals surface area (Å²) in [5, 5.41) is 3.28. The highest BCUT2D eigenvalue weighted by molar-refractivity contribution is 7.89. The predicted octanol–water partition coefficient (Wildman–Crippen LogP) is 0.356. The monoisotopic (exact) mass is 345 g/mol. The van der Waals surface area contributed by atoms with Crippen LogP contribution < -0.4 is 11.1 Å². The van der Waals surface area contributed by atoms with Gasteiger partial charge in [0.05, 0.1) is 4.90 Å². The Morgan fingerprint density at radius 1 is 1.27 bits per heavy atom. The van der Waals surface area contributed by atoms with E-state index in [1.807, 2.05) is 0 Å². The molecule has 0 aliphatic carbocycles. The van der Waals surface area contributed by atoms with Gasteiger partial charge in [-0.2, -0.15) is 4.31 Å². The number of hydrogen-bond donors (Lipinski definition) is 2. The van der Waals surface area contributed by atoms with Crippen molar-refractivity contribution in [1.29, 1.82) is 0 Å². The number of amides is 1. The minimum atomic E-state index is -3.56. The van der Waals surface area contributed by atoms with Gasteiger partial charge in [-0.15, -0.1) is 12.4 Å². The third kappa shape index (κ3) is 2.86.